The molecule has 2 heterocycles. The van der Waals surface area contributed by atoms with Crippen molar-refractivity contribution in [1.29, 1.82) is 0 Å². The third-order valence-corrected chi connectivity index (χ3v) is 6.65. The van der Waals surface area contributed by atoms with Gasteiger partial charge in [-0.05, 0) is 64.2 Å². The second-order valence-corrected chi connectivity index (χ2v) is 8.93. The molecule has 0 radical (unpaired) electrons. The summed E-state index contributed by atoms with van der Waals surface area (Å²) in [7, 11) is 0. The van der Waals surface area contributed by atoms with Gasteiger partial charge in [-0.25, -0.2) is 4.79 Å². The minimum atomic E-state index is -0.232. The van der Waals surface area contributed by atoms with Crippen LogP contribution in [-0.4, -0.2) is 47.9 Å². The number of esters is 1. The van der Waals surface area contributed by atoms with Crippen LogP contribution in [0.15, 0.2) is 0 Å². The molecule has 3 rings (SSSR count). The van der Waals surface area contributed by atoms with Crippen molar-refractivity contribution in [2.24, 2.45) is 0 Å². The third-order valence-electron chi connectivity index (χ3n) is 5.08. The van der Waals surface area contributed by atoms with Gasteiger partial charge in [0.2, 0.25) is 0 Å². The van der Waals surface area contributed by atoms with Gasteiger partial charge >= 0.3 is 5.97 Å². The lowest BCUT2D eigenvalue weighted by Gasteiger charge is -2.36. The van der Waals surface area contributed by atoms with Gasteiger partial charge in [-0.1, -0.05) is 12.8 Å². The molecule has 1 fully saturated rings. The average Bonchev–Trinajstić information content (AvgIpc) is 2.90. The van der Waals surface area contributed by atoms with E-state index >= 15 is 0 Å². The normalized spacial score (nSPS) is 23.1. The number of anilines is 1. The second kappa shape index (κ2) is 9.34. The zero-order valence-corrected chi connectivity index (χ0v) is 18.1. The molecular weight excluding hydrogens is 380 g/mol. The van der Waals surface area contributed by atoms with Crippen molar-refractivity contribution in [3.63, 3.8) is 0 Å². The van der Waals surface area contributed by atoms with Crippen LogP contribution in [0.25, 0.3) is 0 Å². The highest BCUT2D eigenvalue weighted by atomic mass is 32.1. The Labute approximate surface area is 171 Å². The third kappa shape index (κ3) is 5.00. The molecule has 0 spiro atoms. The first kappa shape index (κ1) is 20.6. The SMILES string of the molecule is CCOC(=O)c1c(NC(=S)N2C[C@@H](C)O[C@@H](C)C2)sc2c1CCCCCC2. The van der Waals surface area contributed by atoms with E-state index in [-0.39, 0.29) is 18.2 Å². The molecule has 27 heavy (non-hydrogen) atoms. The van der Waals surface area contributed by atoms with Crippen LogP contribution in [0.4, 0.5) is 5.00 Å². The van der Waals surface area contributed by atoms with E-state index in [2.05, 4.69) is 24.1 Å². The Kier molecular flexibility index (Phi) is 7.11. The number of thiocarbonyl (C=S) groups is 1. The first-order valence-electron chi connectivity index (χ1n) is 10.0. The van der Waals surface area contributed by atoms with Gasteiger partial charge in [0.25, 0.3) is 0 Å². The van der Waals surface area contributed by atoms with Gasteiger partial charge in [0, 0.05) is 18.0 Å². The molecule has 1 saturated heterocycles. The van der Waals surface area contributed by atoms with E-state index in [1.54, 1.807) is 11.3 Å². The summed E-state index contributed by atoms with van der Waals surface area (Å²) in [5.74, 6) is -0.232. The number of fused-ring (bicyclic) bond motifs is 1. The number of morpholine rings is 1. The predicted octanol–water partition coefficient (Wildman–Crippen LogP) is 4.39. The van der Waals surface area contributed by atoms with Crippen molar-refractivity contribution in [3.8, 4) is 0 Å². The van der Waals surface area contributed by atoms with Crippen LogP contribution in [0.2, 0.25) is 0 Å². The molecule has 1 aromatic heterocycles. The van der Waals surface area contributed by atoms with Crippen molar-refractivity contribution in [2.75, 3.05) is 25.0 Å². The molecule has 0 amide bonds. The number of ether oxygens (including phenoxy) is 2. The fourth-order valence-corrected chi connectivity index (χ4v) is 5.54. The number of carbonyl (C=O) groups excluding carboxylic acids is 1. The van der Waals surface area contributed by atoms with E-state index in [0.717, 1.165) is 37.4 Å². The Morgan fingerprint density at radius 3 is 2.56 bits per heavy atom. The van der Waals surface area contributed by atoms with E-state index in [1.165, 1.54) is 29.7 Å². The fourth-order valence-electron chi connectivity index (χ4n) is 3.95. The molecule has 7 heteroatoms. The fraction of sp³-hybridized carbons (Fsp3) is 0.700. The number of aryl methyl sites for hydroxylation is 1. The zero-order chi connectivity index (χ0) is 19.4. The molecule has 0 saturated carbocycles. The van der Waals surface area contributed by atoms with Crippen LogP contribution in [0.5, 0.6) is 0 Å². The molecule has 1 N–H and O–H groups in total. The highest BCUT2D eigenvalue weighted by Crippen LogP contribution is 2.38. The molecular formula is C20H30N2O3S2. The van der Waals surface area contributed by atoms with E-state index < -0.39 is 0 Å². The maximum atomic E-state index is 12.7. The van der Waals surface area contributed by atoms with Crippen LogP contribution in [-0.2, 0) is 22.3 Å². The van der Waals surface area contributed by atoms with Crippen molar-refractivity contribution >= 4 is 39.6 Å². The summed E-state index contributed by atoms with van der Waals surface area (Å²) >= 11 is 7.36. The number of hydrogen-bond donors (Lipinski definition) is 1. The van der Waals surface area contributed by atoms with E-state index in [9.17, 15) is 4.79 Å². The van der Waals surface area contributed by atoms with Gasteiger partial charge in [-0.15, -0.1) is 11.3 Å². The molecule has 150 valence electrons. The molecule has 1 aliphatic heterocycles. The quantitative estimate of drug-likeness (QED) is 0.589. The first-order valence-corrected chi connectivity index (χ1v) is 11.2. The molecule has 5 nitrogen and oxygen atoms in total. The van der Waals surface area contributed by atoms with Crippen molar-refractivity contribution in [2.45, 2.75) is 71.5 Å². The summed E-state index contributed by atoms with van der Waals surface area (Å²) in [6.07, 6.45) is 7.05. The molecule has 1 aliphatic carbocycles. The Balaban J connectivity index is 1.85. The number of nitrogens with zero attached hydrogens (tertiary/aromatic N) is 1. The summed E-state index contributed by atoms with van der Waals surface area (Å²) in [4.78, 5) is 16.2. The Morgan fingerprint density at radius 2 is 1.89 bits per heavy atom. The maximum Gasteiger partial charge on any atom is 0.341 e. The van der Waals surface area contributed by atoms with Gasteiger partial charge < -0.3 is 19.7 Å². The van der Waals surface area contributed by atoms with E-state index in [1.807, 2.05) is 6.92 Å². The monoisotopic (exact) mass is 410 g/mol. The van der Waals surface area contributed by atoms with Gasteiger partial charge in [0.15, 0.2) is 5.11 Å². The van der Waals surface area contributed by atoms with Crippen LogP contribution in [0.3, 0.4) is 0 Å². The Hall–Kier alpha value is -1.18. The number of thiophene rings is 1. The Morgan fingerprint density at radius 1 is 1.22 bits per heavy atom. The molecule has 2 aliphatic rings. The van der Waals surface area contributed by atoms with Gasteiger partial charge in [-0.2, -0.15) is 0 Å². The summed E-state index contributed by atoms with van der Waals surface area (Å²) in [6, 6.07) is 0. The van der Waals surface area contributed by atoms with Crippen molar-refractivity contribution in [1.82, 2.24) is 4.90 Å². The summed E-state index contributed by atoms with van der Waals surface area (Å²) < 4.78 is 11.2. The van der Waals surface area contributed by atoms with Gasteiger partial charge in [0.1, 0.15) is 5.00 Å². The maximum absolute atomic E-state index is 12.7. The average molecular weight is 411 g/mol. The molecule has 0 aromatic carbocycles. The Bertz CT molecular complexity index is 679. The van der Waals surface area contributed by atoms with Crippen LogP contribution >= 0.6 is 23.6 Å². The highest BCUT2D eigenvalue weighted by Gasteiger charge is 2.28. The van der Waals surface area contributed by atoms with Crippen molar-refractivity contribution < 1.29 is 14.3 Å². The number of rotatable bonds is 3. The van der Waals surface area contributed by atoms with Crippen LogP contribution in [0.1, 0.15) is 67.3 Å². The van der Waals surface area contributed by atoms with Crippen LogP contribution < -0.4 is 5.32 Å². The minimum Gasteiger partial charge on any atom is -0.462 e. The summed E-state index contributed by atoms with van der Waals surface area (Å²) in [5, 5.41) is 4.89. The highest BCUT2D eigenvalue weighted by molar-refractivity contribution is 7.80. The molecule has 0 unspecified atom stereocenters. The second-order valence-electron chi connectivity index (χ2n) is 7.44. The smallest absolute Gasteiger partial charge is 0.341 e. The van der Waals surface area contributed by atoms with E-state index in [0.29, 0.717) is 17.3 Å². The largest absolute Gasteiger partial charge is 0.462 e. The van der Waals surface area contributed by atoms with E-state index in [4.69, 9.17) is 21.7 Å². The van der Waals surface area contributed by atoms with Crippen molar-refractivity contribution in [3.05, 3.63) is 16.0 Å². The molecule has 2 atom stereocenters. The van der Waals surface area contributed by atoms with Crippen LogP contribution in [0, 0.1) is 0 Å². The lowest BCUT2D eigenvalue weighted by atomic mass is 9.96. The summed E-state index contributed by atoms with van der Waals surface area (Å²) in [6.45, 7) is 7.87. The lowest BCUT2D eigenvalue weighted by Crippen LogP contribution is -2.49. The first-order chi connectivity index (χ1) is 13.0. The molecule has 0 bridgehead atoms. The number of nitrogens with one attached hydrogen (secondary N) is 1. The zero-order valence-electron chi connectivity index (χ0n) is 16.5. The standard InChI is InChI=1S/C20H30N2O3S2/c1-4-24-19(23)17-15-9-7-5-6-8-10-16(15)27-18(17)21-20(26)22-11-13(2)25-14(3)12-22/h13-14H,4-12H2,1-3H3,(H,21,26)/t13-,14+. The van der Waals surface area contributed by atoms with Gasteiger partial charge in [-0.3, -0.25) is 0 Å². The molecule has 1 aromatic rings. The number of hydrogen-bond acceptors (Lipinski definition) is 5. The summed E-state index contributed by atoms with van der Waals surface area (Å²) in [5.41, 5.74) is 1.88. The lowest BCUT2D eigenvalue weighted by molar-refractivity contribution is -0.0473. The minimum absolute atomic E-state index is 0.140. The predicted molar refractivity (Wildman–Crippen MR) is 114 cm³/mol. The van der Waals surface area contributed by atoms with Gasteiger partial charge in [0.05, 0.1) is 24.4 Å². The number of carbonyl (C=O) groups is 1. The topological polar surface area (TPSA) is 50.8 Å².